The SMILES string of the molecule is Cc1ncsc1CCn1cc(S(=O)(=O)Cl)cn1. The summed E-state index contributed by atoms with van der Waals surface area (Å²) in [6, 6.07) is 0. The van der Waals surface area contributed by atoms with Crippen LogP contribution in [0.3, 0.4) is 0 Å². The monoisotopic (exact) mass is 291 g/mol. The van der Waals surface area contributed by atoms with E-state index in [1.165, 1.54) is 17.3 Å². The van der Waals surface area contributed by atoms with Gasteiger partial charge in [-0.05, 0) is 6.92 Å². The van der Waals surface area contributed by atoms with Crippen LogP contribution in [-0.4, -0.2) is 23.2 Å². The van der Waals surface area contributed by atoms with Crippen molar-refractivity contribution in [1.29, 1.82) is 0 Å². The van der Waals surface area contributed by atoms with E-state index in [4.69, 9.17) is 10.7 Å². The molecule has 0 unspecified atom stereocenters. The van der Waals surface area contributed by atoms with Gasteiger partial charge in [-0.1, -0.05) is 0 Å². The van der Waals surface area contributed by atoms with Crippen LogP contribution in [0.2, 0.25) is 0 Å². The van der Waals surface area contributed by atoms with E-state index in [0.29, 0.717) is 6.54 Å². The van der Waals surface area contributed by atoms with Crippen molar-refractivity contribution >= 4 is 31.1 Å². The summed E-state index contributed by atoms with van der Waals surface area (Å²) in [5.41, 5.74) is 2.80. The van der Waals surface area contributed by atoms with Crippen molar-refractivity contribution in [2.75, 3.05) is 0 Å². The topological polar surface area (TPSA) is 64.8 Å². The Morgan fingerprint density at radius 3 is 2.82 bits per heavy atom. The highest BCUT2D eigenvalue weighted by Crippen LogP contribution is 2.15. The third kappa shape index (κ3) is 3.05. The summed E-state index contributed by atoms with van der Waals surface area (Å²) < 4.78 is 23.6. The molecule has 2 aromatic rings. The van der Waals surface area contributed by atoms with Crippen LogP contribution in [0.1, 0.15) is 10.6 Å². The molecule has 0 fully saturated rings. The maximum absolute atomic E-state index is 11.0. The highest BCUT2D eigenvalue weighted by Gasteiger charge is 2.12. The van der Waals surface area contributed by atoms with Crippen LogP contribution in [0.25, 0.3) is 0 Å². The summed E-state index contributed by atoms with van der Waals surface area (Å²) in [4.78, 5) is 5.35. The normalized spacial score (nSPS) is 11.9. The van der Waals surface area contributed by atoms with Gasteiger partial charge in [0.1, 0.15) is 4.90 Å². The zero-order valence-electron chi connectivity index (χ0n) is 9.00. The molecule has 0 saturated heterocycles. The number of aryl methyl sites for hydroxylation is 3. The number of aromatic nitrogens is 3. The van der Waals surface area contributed by atoms with Crippen molar-refractivity contribution in [2.24, 2.45) is 0 Å². The summed E-state index contributed by atoms with van der Waals surface area (Å²) in [6.07, 6.45) is 3.46. The molecule has 0 N–H and O–H groups in total. The predicted molar refractivity (Wildman–Crippen MR) is 65.8 cm³/mol. The van der Waals surface area contributed by atoms with E-state index >= 15 is 0 Å². The third-order valence-corrected chi connectivity index (χ3v) is 4.61. The molecule has 8 heteroatoms. The van der Waals surface area contributed by atoms with Crippen molar-refractivity contribution in [3.63, 3.8) is 0 Å². The molecule has 0 saturated carbocycles. The Morgan fingerprint density at radius 1 is 1.53 bits per heavy atom. The molecule has 2 aromatic heterocycles. The van der Waals surface area contributed by atoms with Crippen molar-refractivity contribution in [3.05, 3.63) is 28.5 Å². The Kier molecular flexibility index (Phi) is 3.50. The molecule has 0 aliphatic rings. The van der Waals surface area contributed by atoms with Gasteiger partial charge in [0.25, 0.3) is 9.05 Å². The highest BCUT2D eigenvalue weighted by molar-refractivity contribution is 8.13. The van der Waals surface area contributed by atoms with E-state index in [0.717, 1.165) is 12.1 Å². The minimum absolute atomic E-state index is 0.0280. The number of rotatable bonds is 4. The van der Waals surface area contributed by atoms with Gasteiger partial charge in [-0.15, -0.1) is 11.3 Å². The molecular weight excluding hydrogens is 282 g/mol. The first kappa shape index (κ1) is 12.5. The van der Waals surface area contributed by atoms with Crippen LogP contribution in [0, 0.1) is 6.92 Å². The van der Waals surface area contributed by atoms with E-state index in [1.807, 2.05) is 6.92 Å². The van der Waals surface area contributed by atoms with E-state index in [1.54, 1.807) is 21.5 Å². The zero-order valence-corrected chi connectivity index (χ0v) is 11.4. The van der Waals surface area contributed by atoms with Crippen molar-refractivity contribution < 1.29 is 8.42 Å². The van der Waals surface area contributed by atoms with Crippen molar-refractivity contribution in [2.45, 2.75) is 24.8 Å². The van der Waals surface area contributed by atoms with E-state index in [2.05, 4.69) is 10.1 Å². The van der Waals surface area contributed by atoms with E-state index in [-0.39, 0.29) is 4.90 Å². The largest absolute Gasteiger partial charge is 0.271 e. The molecule has 0 radical (unpaired) electrons. The van der Waals surface area contributed by atoms with Gasteiger partial charge in [0.15, 0.2) is 0 Å². The van der Waals surface area contributed by atoms with Gasteiger partial charge in [-0.2, -0.15) is 5.10 Å². The van der Waals surface area contributed by atoms with Crippen LogP contribution >= 0.6 is 22.0 Å². The maximum Gasteiger partial charge on any atom is 0.264 e. The molecule has 0 aromatic carbocycles. The van der Waals surface area contributed by atoms with Gasteiger partial charge >= 0.3 is 0 Å². The molecule has 5 nitrogen and oxygen atoms in total. The standard InChI is InChI=1S/C9H10ClN3O2S2/c1-7-9(16-6-11-7)2-3-13-5-8(4-12-13)17(10,14)15/h4-6H,2-3H2,1H3. The van der Waals surface area contributed by atoms with E-state index in [9.17, 15) is 8.42 Å². The molecule has 92 valence electrons. The molecule has 2 rings (SSSR count). The lowest BCUT2D eigenvalue weighted by Gasteiger charge is -1.99. The summed E-state index contributed by atoms with van der Waals surface area (Å²) in [7, 11) is 1.52. The van der Waals surface area contributed by atoms with Gasteiger partial charge < -0.3 is 0 Å². The first-order valence-corrected chi connectivity index (χ1v) is 8.02. The molecule has 2 heterocycles. The molecule has 0 atom stereocenters. The lowest BCUT2D eigenvalue weighted by atomic mass is 10.3. The lowest BCUT2D eigenvalue weighted by Crippen LogP contribution is -2.01. The second kappa shape index (κ2) is 4.75. The minimum atomic E-state index is -3.68. The van der Waals surface area contributed by atoms with Crippen LogP contribution in [0.4, 0.5) is 0 Å². The van der Waals surface area contributed by atoms with Crippen LogP contribution < -0.4 is 0 Å². The summed E-state index contributed by atoms with van der Waals surface area (Å²) in [6.45, 7) is 2.55. The van der Waals surface area contributed by atoms with Gasteiger partial charge in [0.2, 0.25) is 0 Å². The first-order valence-electron chi connectivity index (χ1n) is 4.83. The van der Waals surface area contributed by atoms with Gasteiger partial charge in [-0.3, -0.25) is 4.68 Å². The second-order valence-electron chi connectivity index (χ2n) is 3.49. The number of hydrogen-bond acceptors (Lipinski definition) is 5. The number of hydrogen-bond donors (Lipinski definition) is 0. The summed E-state index contributed by atoms with van der Waals surface area (Å²) >= 11 is 1.58. The molecule has 0 aliphatic carbocycles. The average molecular weight is 292 g/mol. The minimum Gasteiger partial charge on any atom is -0.271 e. The first-order chi connectivity index (χ1) is 7.97. The molecule has 0 aliphatic heterocycles. The molecular formula is C9H10ClN3O2S2. The summed E-state index contributed by atoms with van der Waals surface area (Å²) in [5.74, 6) is 0. The van der Waals surface area contributed by atoms with Crippen LogP contribution in [0.5, 0.6) is 0 Å². The summed E-state index contributed by atoms with van der Waals surface area (Å²) in [5, 5.41) is 3.95. The average Bonchev–Trinajstić information content (AvgIpc) is 2.82. The van der Waals surface area contributed by atoms with Gasteiger partial charge in [-0.25, -0.2) is 13.4 Å². The maximum atomic E-state index is 11.0. The van der Waals surface area contributed by atoms with Gasteiger partial charge in [0.05, 0.1) is 17.4 Å². The molecule has 0 bridgehead atoms. The molecule has 17 heavy (non-hydrogen) atoms. The Balaban J connectivity index is 2.06. The second-order valence-corrected chi connectivity index (χ2v) is 6.99. The molecule has 0 spiro atoms. The third-order valence-electron chi connectivity index (χ3n) is 2.30. The number of halogens is 1. The lowest BCUT2D eigenvalue weighted by molar-refractivity contribution is 0.605. The van der Waals surface area contributed by atoms with Crippen LogP contribution in [-0.2, 0) is 22.0 Å². The Morgan fingerprint density at radius 2 is 2.29 bits per heavy atom. The fourth-order valence-electron chi connectivity index (χ4n) is 1.38. The van der Waals surface area contributed by atoms with E-state index < -0.39 is 9.05 Å². The van der Waals surface area contributed by atoms with Crippen LogP contribution in [0.15, 0.2) is 22.8 Å². The quantitative estimate of drug-likeness (QED) is 0.806. The molecule has 0 amide bonds. The Hall–Kier alpha value is -0.920. The van der Waals surface area contributed by atoms with Crippen molar-refractivity contribution in [3.8, 4) is 0 Å². The van der Waals surface area contributed by atoms with Crippen molar-refractivity contribution in [1.82, 2.24) is 14.8 Å². The predicted octanol–water partition coefficient (Wildman–Crippen LogP) is 1.82. The fourth-order valence-corrected chi connectivity index (χ4v) is 2.81. The Bertz CT molecular complexity index is 618. The number of thiazole rings is 1. The highest BCUT2D eigenvalue weighted by atomic mass is 35.7. The zero-order chi connectivity index (χ0) is 12.5. The van der Waals surface area contributed by atoms with Gasteiger partial charge in [0, 0.05) is 34.7 Å². The fraction of sp³-hybridized carbons (Fsp3) is 0.333. The Labute approximate surface area is 107 Å². The number of nitrogens with zero attached hydrogens (tertiary/aromatic N) is 3. The smallest absolute Gasteiger partial charge is 0.264 e.